The van der Waals surface area contributed by atoms with Crippen LogP contribution in [0.4, 0.5) is 0 Å². The molecule has 0 unspecified atom stereocenters. The van der Waals surface area contributed by atoms with Crippen molar-refractivity contribution in [2.24, 2.45) is 0 Å². The van der Waals surface area contributed by atoms with Crippen LogP contribution in [0.2, 0.25) is 0 Å². The number of aromatic nitrogens is 3. The first kappa shape index (κ1) is 10.8. The highest BCUT2D eigenvalue weighted by Gasteiger charge is 2.12. The fraction of sp³-hybridized carbons (Fsp3) is 0.300. The molecule has 0 aliphatic carbocycles. The lowest BCUT2D eigenvalue weighted by molar-refractivity contribution is 0.0690. The van der Waals surface area contributed by atoms with Crippen LogP contribution in [0, 0.1) is 0 Å². The van der Waals surface area contributed by atoms with Crippen molar-refractivity contribution in [3.05, 3.63) is 22.1 Å². The molecule has 5 nitrogen and oxygen atoms in total. The number of carboxylic acid groups (broad SMARTS) is 1. The molecule has 0 aromatic carbocycles. The van der Waals surface area contributed by atoms with Crippen LogP contribution < -0.4 is 0 Å². The van der Waals surface area contributed by atoms with Gasteiger partial charge in [-0.15, -0.1) is 11.3 Å². The van der Waals surface area contributed by atoms with Crippen LogP contribution >= 0.6 is 11.3 Å². The Balaban J connectivity index is 2.31. The van der Waals surface area contributed by atoms with Crippen molar-refractivity contribution in [3.63, 3.8) is 0 Å². The average molecular weight is 237 g/mol. The largest absolute Gasteiger partial charge is 0.477 e. The first-order chi connectivity index (χ1) is 7.58. The molecule has 0 amide bonds. The Morgan fingerprint density at radius 2 is 2.25 bits per heavy atom. The highest BCUT2D eigenvalue weighted by Crippen LogP contribution is 2.25. The molecule has 2 aromatic rings. The number of aromatic amines is 1. The molecule has 0 bridgehead atoms. The Morgan fingerprint density at radius 3 is 2.75 bits per heavy atom. The van der Waals surface area contributed by atoms with E-state index in [4.69, 9.17) is 5.11 Å². The standard InChI is InChI=1S/C10H11N3O2S/c1-5(2)9-11-8(4-16-9)6-3-7(10(14)15)13-12-6/h3-5H,1-2H3,(H,12,13)(H,14,15). The van der Waals surface area contributed by atoms with E-state index >= 15 is 0 Å². The molecule has 2 aromatic heterocycles. The van der Waals surface area contributed by atoms with Gasteiger partial charge in [-0.1, -0.05) is 13.8 Å². The van der Waals surface area contributed by atoms with E-state index in [1.54, 1.807) is 11.3 Å². The fourth-order valence-corrected chi connectivity index (χ4v) is 2.06. The third kappa shape index (κ3) is 1.96. The van der Waals surface area contributed by atoms with Crippen molar-refractivity contribution in [2.75, 3.05) is 0 Å². The summed E-state index contributed by atoms with van der Waals surface area (Å²) in [6.45, 7) is 4.13. The smallest absolute Gasteiger partial charge is 0.353 e. The van der Waals surface area contributed by atoms with Gasteiger partial charge in [0.15, 0.2) is 0 Å². The lowest BCUT2D eigenvalue weighted by atomic mass is 10.2. The van der Waals surface area contributed by atoms with Crippen LogP contribution in [0.1, 0.15) is 35.3 Å². The van der Waals surface area contributed by atoms with Crippen molar-refractivity contribution in [3.8, 4) is 11.4 Å². The highest BCUT2D eigenvalue weighted by atomic mass is 32.1. The maximum absolute atomic E-state index is 10.7. The van der Waals surface area contributed by atoms with E-state index in [2.05, 4.69) is 29.0 Å². The number of hydrogen-bond acceptors (Lipinski definition) is 4. The van der Waals surface area contributed by atoms with Crippen LogP contribution in [0.15, 0.2) is 11.4 Å². The number of carbonyl (C=O) groups is 1. The molecule has 0 atom stereocenters. The molecule has 0 radical (unpaired) electrons. The van der Waals surface area contributed by atoms with Crippen molar-refractivity contribution >= 4 is 17.3 Å². The minimum atomic E-state index is -1.02. The van der Waals surface area contributed by atoms with Crippen LogP contribution in [0.25, 0.3) is 11.4 Å². The quantitative estimate of drug-likeness (QED) is 0.858. The summed E-state index contributed by atoms with van der Waals surface area (Å²) in [4.78, 5) is 15.1. The number of nitrogens with one attached hydrogen (secondary N) is 1. The van der Waals surface area contributed by atoms with E-state index < -0.39 is 5.97 Å². The first-order valence-corrected chi connectivity index (χ1v) is 5.70. The van der Waals surface area contributed by atoms with Gasteiger partial charge in [0, 0.05) is 17.4 Å². The number of nitrogens with zero attached hydrogens (tertiary/aromatic N) is 2. The minimum Gasteiger partial charge on any atom is -0.477 e. The molecule has 0 spiro atoms. The Morgan fingerprint density at radius 1 is 1.50 bits per heavy atom. The van der Waals surface area contributed by atoms with Crippen molar-refractivity contribution < 1.29 is 9.90 Å². The second-order valence-electron chi connectivity index (χ2n) is 3.70. The van der Waals surface area contributed by atoms with Crippen molar-refractivity contribution in [2.45, 2.75) is 19.8 Å². The van der Waals surface area contributed by atoms with E-state index in [1.165, 1.54) is 6.07 Å². The second kappa shape index (κ2) is 4.05. The van der Waals surface area contributed by atoms with E-state index in [9.17, 15) is 4.79 Å². The summed E-state index contributed by atoms with van der Waals surface area (Å²) in [6.07, 6.45) is 0. The van der Waals surface area contributed by atoms with Crippen LogP contribution in [0.5, 0.6) is 0 Å². The van der Waals surface area contributed by atoms with Gasteiger partial charge in [0.1, 0.15) is 17.1 Å². The molecule has 0 fully saturated rings. The van der Waals surface area contributed by atoms with Gasteiger partial charge in [-0.3, -0.25) is 5.10 Å². The Labute approximate surface area is 96.2 Å². The molecule has 0 saturated heterocycles. The van der Waals surface area contributed by atoms with Crippen molar-refractivity contribution in [1.29, 1.82) is 0 Å². The Kier molecular flexibility index (Phi) is 2.74. The minimum absolute atomic E-state index is 0.0779. The van der Waals surface area contributed by atoms with Gasteiger partial charge >= 0.3 is 5.97 Å². The van der Waals surface area contributed by atoms with Crippen LogP contribution in [0.3, 0.4) is 0 Å². The summed E-state index contributed by atoms with van der Waals surface area (Å²) < 4.78 is 0. The molecule has 84 valence electrons. The van der Waals surface area contributed by atoms with Gasteiger partial charge in [-0.25, -0.2) is 9.78 Å². The van der Waals surface area contributed by atoms with Gasteiger partial charge in [0.25, 0.3) is 0 Å². The SMILES string of the molecule is CC(C)c1nc(-c2cc(C(=O)O)[nH]n2)cs1. The summed E-state index contributed by atoms with van der Waals surface area (Å²) in [5.74, 6) is -0.644. The summed E-state index contributed by atoms with van der Waals surface area (Å²) in [5.41, 5.74) is 1.37. The van der Waals surface area contributed by atoms with Crippen LogP contribution in [-0.4, -0.2) is 26.3 Å². The summed E-state index contributed by atoms with van der Waals surface area (Å²) in [6, 6.07) is 1.49. The van der Waals surface area contributed by atoms with Crippen molar-refractivity contribution in [1.82, 2.24) is 15.2 Å². The van der Waals surface area contributed by atoms with Gasteiger partial charge in [-0.2, -0.15) is 5.10 Å². The zero-order chi connectivity index (χ0) is 11.7. The van der Waals surface area contributed by atoms with Gasteiger partial charge < -0.3 is 5.11 Å². The Hall–Kier alpha value is -1.69. The maximum atomic E-state index is 10.7. The Bertz CT molecular complexity index is 516. The number of carboxylic acids is 1. The molecule has 16 heavy (non-hydrogen) atoms. The first-order valence-electron chi connectivity index (χ1n) is 4.82. The maximum Gasteiger partial charge on any atom is 0.353 e. The third-order valence-electron chi connectivity index (χ3n) is 2.09. The zero-order valence-electron chi connectivity index (χ0n) is 8.89. The average Bonchev–Trinajstić information content (AvgIpc) is 2.86. The lowest BCUT2D eigenvalue weighted by Crippen LogP contribution is -1.95. The monoisotopic (exact) mass is 237 g/mol. The van der Waals surface area contributed by atoms with E-state index in [-0.39, 0.29) is 5.69 Å². The van der Waals surface area contributed by atoms with Gasteiger partial charge in [-0.05, 0) is 0 Å². The van der Waals surface area contributed by atoms with Gasteiger partial charge in [0.05, 0.1) is 5.01 Å². The third-order valence-corrected chi connectivity index (χ3v) is 3.23. The molecule has 0 saturated carbocycles. The normalized spacial score (nSPS) is 10.9. The molecule has 0 aliphatic heterocycles. The molecule has 2 N–H and O–H groups in total. The topological polar surface area (TPSA) is 78.9 Å². The molecule has 0 aliphatic rings. The molecule has 6 heteroatoms. The number of aromatic carboxylic acids is 1. The summed E-state index contributed by atoms with van der Waals surface area (Å²) in [7, 11) is 0. The van der Waals surface area contributed by atoms with Gasteiger partial charge in [0.2, 0.25) is 0 Å². The zero-order valence-corrected chi connectivity index (χ0v) is 9.71. The van der Waals surface area contributed by atoms with E-state index in [1.807, 2.05) is 5.38 Å². The predicted molar refractivity (Wildman–Crippen MR) is 60.7 cm³/mol. The second-order valence-corrected chi connectivity index (χ2v) is 4.59. The number of rotatable bonds is 3. The lowest BCUT2D eigenvalue weighted by Gasteiger charge is -1.95. The number of hydrogen-bond donors (Lipinski definition) is 2. The molecular weight excluding hydrogens is 226 g/mol. The molecule has 2 heterocycles. The highest BCUT2D eigenvalue weighted by molar-refractivity contribution is 7.10. The predicted octanol–water partition coefficient (Wildman–Crippen LogP) is 2.35. The number of H-pyrrole nitrogens is 1. The van der Waals surface area contributed by atoms with E-state index in [0.717, 1.165) is 10.7 Å². The number of thiazole rings is 1. The summed E-state index contributed by atoms with van der Waals surface area (Å²) >= 11 is 1.56. The molecular formula is C10H11N3O2S. The summed E-state index contributed by atoms with van der Waals surface area (Å²) in [5, 5.41) is 18.0. The van der Waals surface area contributed by atoms with Crippen LogP contribution in [-0.2, 0) is 0 Å². The molecule has 2 rings (SSSR count). The fourth-order valence-electron chi connectivity index (χ4n) is 1.23. The van der Waals surface area contributed by atoms with E-state index in [0.29, 0.717) is 11.6 Å².